The Morgan fingerprint density at radius 1 is 0.864 bits per heavy atom. The molecule has 0 spiro atoms. The molecule has 0 fully saturated rings. The zero-order chi connectivity index (χ0) is 15.8. The van der Waals surface area contributed by atoms with Crippen LogP contribution in [0.2, 0.25) is 0 Å². The molecule has 0 N–H and O–H groups in total. The molecule has 2 aromatic rings. The van der Waals surface area contributed by atoms with Gasteiger partial charge in [0.15, 0.2) is 0 Å². The molecule has 0 amide bonds. The highest BCUT2D eigenvalue weighted by Crippen LogP contribution is 2.05. The van der Waals surface area contributed by atoms with E-state index in [-0.39, 0.29) is 6.61 Å². The molecule has 2 aromatic carbocycles. The van der Waals surface area contributed by atoms with Crippen LogP contribution in [0.15, 0.2) is 60.7 Å². The van der Waals surface area contributed by atoms with Crippen LogP contribution >= 0.6 is 0 Å². The summed E-state index contributed by atoms with van der Waals surface area (Å²) in [6.07, 6.45) is -0.569. The van der Waals surface area contributed by atoms with Crippen LogP contribution in [0.1, 0.15) is 27.6 Å². The molecule has 2 rings (SSSR count). The van der Waals surface area contributed by atoms with Crippen molar-refractivity contribution < 1.29 is 24.1 Å². The highest BCUT2D eigenvalue weighted by atomic mass is 17.2. The molecule has 0 bridgehead atoms. The zero-order valence-corrected chi connectivity index (χ0v) is 12.1. The first kappa shape index (κ1) is 15.7. The van der Waals surface area contributed by atoms with Crippen LogP contribution in [0.25, 0.3) is 0 Å². The van der Waals surface area contributed by atoms with E-state index in [1.807, 2.05) is 6.07 Å². The maximum Gasteiger partial charge on any atom is 0.373 e. The number of carbonyl (C=O) groups is 2. The molecule has 0 aliphatic rings. The minimum Gasteiger partial charge on any atom is -0.459 e. The van der Waals surface area contributed by atoms with Gasteiger partial charge < -0.3 is 4.74 Å². The van der Waals surface area contributed by atoms with E-state index in [0.29, 0.717) is 11.1 Å². The number of ether oxygens (including phenoxy) is 1. The Labute approximate surface area is 128 Å². The van der Waals surface area contributed by atoms with Crippen molar-refractivity contribution in [3.63, 3.8) is 0 Å². The predicted octanol–water partition coefficient (Wildman–Crippen LogP) is 3.02. The summed E-state index contributed by atoms with van der Waals surface area (Å²) in [5.74, 6) is -1.05. The van der Waals surface area contributed by atoms with Gasteiger partial charge >= 0.3 is 11.9 Å². The highest BCUT2D eigenvalue weighted by molar-refractivity contribution is 5.89. The third kappa shape index (κ3) is 4.71. The van der Waals surface area contributed by atoms with E-state index >= 15 is 0 Å². The number of hydrogen-bond acceptors (Lipinski definition) is 5. The van der Waals surface area contributed by atoms with Gasteiger partial charge in [-0.2, -0.15) is 4.89 Å². The number of esters is 1. The van der Waals surface area contributed by atoms with Crippen LogP contribution in [0.3, 0.4) is 0 Å². The molecule has 22 heavy (non-hydrogen) atoms. The van der Waals surface area contributed by atoms with Gasteiger partial charge in [-0.3, -0.25) is 4.89 Å². The van der Waals surface area contributed by atoms with E-state index in [4.69, 9.17) is 14.5 Å². The van der Waals surface area contributed by atoms with Gasteiger partial charge in [-0.25, -0.2) is 9.59 Å². The summed E-state index contributed by atoms with van der Waals surface area (Å²) in [6, 6.07) is 17.1. The molecule has 5 heteroatoms. The fourth-order valence-corrected chi connectivity index (χ4v) is 1.63. The van der Waals surface area contributed by atoms with Crippen molar-refractivity contribution in [2.75, 3.05) is 6.61 Å². The zero-order valence-electron chi connectivity index (χ0n) is 12.1. The number of carbonyl (C=O) groups excluding carboxylic acids is 2. The molecular weight excluding hydrogens is 284 g/mol. The fourth-order valence-electron chi connectivity index (χ4n) is 1.63. The second-order valence-corrected chi connectivity index (χ2v) is 4.61. The van der Waals surface area contributed by atoms with Crippen molar-refractivity contribution in [3.8, 4) is 0 Å². The monoisotopic (exact) mass is 300 g/mol. The summed E-state index contributed by atoms with van der Waals surface area (Å²) < 4.78 is 5.07. The van der Waals surface area contributed by atoms with E-state index in [1.54, 1.807) is 61.5 Å². The van der Waals surface area contributed by atoms with Gasteiger partial charge in [0.25, 0.3) is 0 Å². The normalized spacial score (nSPS) is 11.5. The van der Waals surface area contributed by atoms with E-state index < -0.39 is 18.0 Å². The number of hydrogen-bond donors (Lipinski definition) is 0. The van der Waals surface area contributed by atoms with Gasteiger partial charge in [-0.05, 0) is 31.2 Å². The molecule has 0 aliphatic carbocycles. The first-order valence-corrected chi connectivity index (χ1v) is 6.81. The lowest BCUT2D eigenvalue weighted by Crippen LogP contribution is -2.21. The van der Waals surface area contributed by atoms with E-state index in [0.717, 1.165) is 0 Å². The minimum absolute atomic E-state index is 0.0181. The first-order chi connectivity index (χ1) is 10.7. The van der Waals surface area contributed by atoms with Gasteiger partial charge in [-0.15, -0.1) is 0 Å². The van der Waals surface area contributed by atoms with Crippen LogP contribution in [0.5, 0.6) is 0 Å². The van der Waals surface area contributed by atoms with Crippen molar-refractivity contribution >= 4 is 11.9 Å². The van der Waals surface area contributed by atoms with Crippen LogP contribution in [-0.2, 0) is 14.5 Å². The molecule has 0 heterocycles. The molecule has 1 atom stereocenters. The van der Waals surface area contributed by atoms with Gasteiger partial charge in [0.1, 0.15) is 12.7 Å². The largest absolute Gasteiger partial charge is 0.459 e. The second-order valence-electron chi connectivity index (χ2n) is 4.61. The lowest BCUT2D eigenvalue weighted by molar-refractivity contribution is -0.275. The summed E-state index contributed by atoms with van der Waals surface area (Å²) >= 11 is 0. The van der Waals surface area contributed by atoms with Crippen molar-refractivity contribution in [1.82, 2.24) is 0 Å². The summed E-state index contributed by atoms with van der Waals surface area (Å²) in [6.45, 7) is 1.62. The summed E-state index contributed by atoms with van der Waals surface area (Å²) in [4.78, 5) is 33.0. The predicted molar refractivity (Wildman–Crippen MR) is 79.1 cm³/mol. The van der Waals surface area contributed by atoms with E-state index in [9.17, 15) is 9.59 Å². The SMILES string of the molecule is CC(COC(=O)c1ccccc1)OOC(=O)c1ccccc1. The van der Waals surface area contributed by atoms with Crippen molar-refractivity contribution in [1.29, 1.82) is 0 Å². The Bertz CT molecular complexity index is 554. The fraction of sp³-hybridized carbons (Fsp3) is 0.176. The Morgan fingerprint density at radius 3 is 1.91 bits per heavy atom. The highest BCUT2D eigenvalue weighted by Gasteiger charge is 2.13. The second kappa shape index (κ2) is 7.95. The quantitative estimate of drug-likeness (QED) is 0.466. The Hall–Kier alpha value is -2.66. The van der Waals surface area contributed by atoms with E-state index in [1.165, 1.54) is 0 Å². The standard InChI is InChI=1S/C17H16O5/c1-13(12-20-16(18)14-8-4-2-5-9-14)21-22-17(19)15-10-6-3-7-11-15/h2-11,13H,12H2,1H3. The maximum atomic E-state index is 11.7. The molecule has 1 unspecified atom stereocenters. The molecule has 5 nitrogen and oxygen atoms in total. The summed E-state index contributed by atoms with van der Waals surface area (Å²) in [5, 5.41) is 0. The van der Waals surface area contributed by atoms with Gasteiger partial charge in [0.2, 0.25) is 0 Å². The van der Waals surface area contributed by atoms with Crippen LogP contribution in [0.4, 0.5) is 0 Å². The summed E-state index contributed by atoms with van der Waals surface area (Å²) in [5.41, 5.74) is 0.840. The molecular formula is C17H16O5. The average molecular weight is 300 g/mol. The molecule has 114 valence electrons. The lowest BCUT2D eigenvalue weighted by atomic mass is 10.2. The van der Waals surface area contributed by atoms with Crippen molar-refractivity contribution in [2.24, 2.45) is 0 Å². The number of benzene rings is 2. The summed E-state index contributed by atoms with van der Waals surface area (Å²) in [7, 11) is 0. The Balaban J connectivity index is 1.73. The third-order valence-corrected chi connectivity index (χ3v) is 2.76. The number of rotatable bonds is 6. The Kier molecular flexibility index (Phi) is 5.68. The molecule has 0 aliphatic heterocycles. The van der Waals surface area contributed by atoms with Crippen LogP contribution in [-0.4, -0.2) is 24.6 Å². The third-order valence-electron chi connectivity index (χ3n) is 2.76. The van der Waals surface area contributed by atoms with Gasteiger partial charge in [0, 0.05) is 0 Å². The molecule has 0 radical (unpaired) electrons. The van der Waals surface area contributed by atoms with Crippen LogP contribution in [0, 0.1) is 0 Å². The minimum atomic E-state index is -0.596. The molecule has 0 saturated carbocycles. The van der Waals surface area contributed by atoms with Crippen molar-refractivity contribution in [3.05, 3.63) is 71.8 Å². The van der Waals surface area contributed by atoms with Crippen molar-refractivity contribution in [2.45, 2.75) is 13.0 Å². The lowest BCUT2D eigenvalue weighted by Gasteiger charge is -2.11. The first-order valence-electron chi connectivity index (χ1n) is 6.81. The average Bonchev–Trinajstić information content (AvgIpc) is 2.59. The van der Waals surface area contributed by atoms with E-state index in [2.05, 4.69) is 0 Å². The maximum absolute atomic E-state index is 11.7. The molecule has 0 saturated heterocycles. The topological polar surface area (TPSA) is 61.8 Å². The molecule has 0 aromatic heterocycles. The van der Waals surface area contributed by atoms with Gasteiger partial charge in [-0.1, -0.05) is 36.4 Å². The smallest absolute Gasteiger partial charge is 0.373 e. The Morgan fingerprint density at radius 2 is 1.36 bits per heavy atom. The van der Waals surface area contributed by atoms with Crippen LogP contribution < -0.4 is 0 Å². The van der Waals surface area contributed by atoms with Gasteiger partial charge in [0.05, 0.1) is 11.1 Å².